The minimum absolute atomic E-state index is 2.00. The molecule has 0 aromatic heterocycles. The molecule has 0 rings (SSSR count). The minimum Gasteiger partial charge on any atom is -0.397 e. The highest BCUT2D eigenvalue weighted by Crippen LogP contribution is 2.48. The fourth-order valence-corrected chi connectivity index (χ4v) is 0.957. The lowest BCUT2D eigenvalue weighted by Gasteiger charge is -2.32. The largest absolute Gasteiger partial charge is 0.525 e. The van der Waals surface area contributed by atoms with E-state index in [4.69, 9.17) is 0 Å². The van der Waals surface area contributed by atoms with E-state index in [1.807, 2.05) is 9.47 Å². The van der Waals surface area contributed by atoms with Gasteiger partial charge >= 0.3 is 42.5 Å². The second-order valence-corrected chi connectivity index (χ2v) is 4.16. The molecule has 18 heteroatoms. The molecule has 27 heavy (non-hydrogen) atoms. The second kappa shape index (κ2) is 7.80. The minimum atomic E-state index is -7.04. The predicted molar refractivity (Wildman–Crippen MR) is 49.2 cm³/mol. The van der Waals surface area contributed by atoms with Crippen LogP contribution in [-0.2, 0) is 14.2 Å². The van der Waals surface area contributed by atoms with E-state index in [1.165, 1.54) is 0 Å². The van der Waals surface area contributed by atoms with Gasteiger partial charge in [-0.15, -0.1) is 13.2 Å². The third kappa shape index (κ3) is 6.51. The number of alkyl halides is 12. The molecule has 0 spiro atoms. The van der Waals surface area contributed by atoms with Crippen LogP contribution in [0.3, 0.4) is 0 Å². The molecule has 0 N–H and O–H groups in total. The average molecular weight is 444 g/mol. The first kappa shape index (κ1) is 25.4. The number of hydrogen-bond acceptors (Lipinski definition) is 3. The van der Waals surface area contributed by atoms with Crippen molar-refractivity contribution in [2.75, 3.05) is 6.61 Å². The van der Waals surface area contributed by atoms with Crippen LogP contribution in [0.4, 0.5) is 65.9 Å². The van der Waals surface area contributed by atoms with Crippen molar-refractivity contribution in [3.63, 3.8) is 0 Å². The Labute approximate surface area is 137 Å². The van der Waals surface area contributed by atoms with Gasteiger partial charge in [0.05, 0.1) is 0 Å². The Balaban J connectivity index is 5.36. The van der Waals surface area contributed by atoms with Crippen LogP contribution >= 0.6 is 0 Å². The highest BCUT2D eigenvalue weighted by molar-refractivity contribution is 4.95. The van der Waals surface area contributed by atoms with Crippen LogP contribution in [0.1, 0.15) is 0 Å². The normalized spacial score (nSPS) is 15.5. The van der Waals surface area contributed by atoms with Gasteiger partial charge in [0.25, 0.3) is 6.36 Å². The number of rotatable bonds is 9. The maximum Gasteiger partial charge on any atom is 0.525 e. The first-order valence-electron chi connectivity index (χ1n) is 5.60. The smallest absolute Gasteiger partial charge is 0.397 e. The molecule has 0 aliphatic heterocycles. The standard InChI is InChI=1S/C9H3F15O3/c10-2(11)3(12)26-8(20,21)7(18,19)5(14,15)1-25-6(16,17)4(13)27-9(22,23)24/h4H,1H2. The number of ether oxygens (including phenoxy) is 3. The third-order valence-corrected chi connectivity index (χ3v) is 2.14. The molecule has 0 fully saturated rings. The molecule has 0 saturated heterocycles. The first-order valence-corrected chi connectivity index (χ1v) is 5.60. The molecule has 0 bridgehead atoms. The lowest BCUT2D eigenvalue weighted by molar-refractivity contribution is -0.439. The molecule has 0 aliphatic carbocycles. The molecular formula is C9H3F15O3. The molecular weight excluding hydrogens is 441 g/mol. The predicted octanol–water partition coefficient (Wildman–Crippen LogP) is 5.34. The first-order chi connectivity index (χ1) is 11.7. The molecule has 0 heterocycles. The Kier molecular flexibility index (Phi) is 7.34. The van der Waals surface area contributed by atoms with Gasteiger partial charge in [-0.2, -0.15) is 48.3 Å². The summed E-state index contributed by atoms with van der Waals surface area (Å²) in [4.78, 5) is 0. The van der Waals surface area contributed by atoms with Crippen LogP contribution in [0.25, 0.3) is 0 Å². The van der Waals surface area contributed by atoms with Gasteiger partial charge in [-0.1, -0.05) is 0 Å². The zero-order chi connectivity index (χ0) is 22.1. The van der Waals surface area contributed by atoms with Crippen LogP contribution in [0.5, 0.6) is 0 Å². The molecule has 0 amide bonds. The monoisotopic (exact) mass is 444 g/mol. The highest BCUT2D eigenvalue weighted by atomic mass is 19.4. The van der Waals surface area contributed by atoms with E-state index in [2.05, 4.69) is 4.74 Å². The SMILES string of the molecule is FC(F)=C(F)OC(F)(F)C(F)(F)C(F)(F)COC(F)(F)C(F)OC(F)(F)F. The van der Waals surface area contributed by atoms with Crippen molar-refractivity contribution >= 4 is 0 Å². The van der Waals surface area contributed by atoms with Crippen molar-refractivity contribution in [3.05, 3.63) is 12.1 Å². The summed E-state index contributed by atoms with van der Waals surface area (Å²) in [5.41, 5.74) is 0. The van der Waals surface area contributed by atoms with Crippen LogP contribution in [0, 0.1) is 0 Å². The fourth-order valence-electron chi connectivity index (χ4n) is 0.957. The molecule has 3 nitrogen and oxygen atoms in total. The van der Waals surface area contributed by atoms with Crippen molar-refractivity contribution in [1.82, 2.24) is 0 Å². The van der Waals surface area contributed by atoms with E-state index in [0.29, 0.717) is 0 Å². The van der Waals surface area contributed by atoms with Crippen molar-refractivity contribution < 1.29 is 80.1 Å². The zero-order valence-electron chi connectivity index (χ0n) is 11.7. The lowest BCUT2D eigenvalue weighted by Crippen LogP contribution is -2.58. The van der Waals surface area contributed by atoms with Gasteiger partial charge in [-0.3, -0.25) is 0 Å². The summed E-state index contributed by atoms with van der Waals surface area (Å²) in [6.07, 6.45) is -27.6. The number of halogens is 15. The van der Waals surface area contributed by atoms with Gasteiger partial charge in [-0.05, 0) is 0 Å². The van der Waals surface area contributed by atoms with E-state index in [1.54, 1.807) is 0 Å². The van der Waals surface area contributed by atoms with Crippen LogP contribution < -0.4 is 0 Å². The molecule has 0 radical (unpaired) electrons. The van der Waals surface area contributed by atoms with Gasteiger partial charge < -0.3 is 9.47 Å². The average Bonchev–Trinajstić information content (AvgIpc) is 2.42. The summed E-state index contributed by atoms with van der Waals surface area (Å²) in [5, 5.41) is 0. The molecule has 162 valence electrons. The van der Waals surface area contributed by atoms with Gasteiger partial charge in [-0.25, -0.2) is 9.13 Å². The number of hydrogen-bond donors (Lipinski definition) is 0. The van der Waals surface area contributed by atoms with Gasteiger partial charge in [0.2, 0.25) is 0 Å². The van der Waals surface area contributed by atoms with E-state index in [-0.39, 0.29) is 0 Å². The van der Waals surface area contributed by atoms with E-state index >= 15 is 0 Å². The maximum absolute atomic E-state index is 13.0. The Morgan fingerprint density at radius 3 is 1.59 bits per heavy atom. The van der Waals surface area contributed by atoms with Crippen LogP contribution in [0.15, 0.2) is 12.1 Å². The van der Waals surface area contributed by atoms with E-state index < -0.39 is 55.5 Å². The summed E-state index contributed by atoms with van der Waals surface area (Å²) in [5.74, 6) is -13.6. The summed E-state index contributed by atoms with van der Waals surface area (Å²) in [6, 6.07) is -3.73. The quantitative estimate of drug-likeness (QED) is 0.355. The molecule has 0 aliphatic rings. The molecule has 1 unspecified atom stereocenters. The Morgan fingerprint density at radius 1 is 0.778 bits per heavy atom. The van der Waals surface area contributed by atoms with Crippen LogP contribution in [-0.4, -0.2) is 43.4 Å². The Bertz CT molecular complexity index is 535. The molecule has 0 aromatic rings. The van der Waals surface area contributed by atoms with Crippen molar-refractivity contribution in [1.29, 1.82) is 0 Å². The Hall–Kier alpha value is -1.59. The topological polar surface area (TPSA) is 27.7 Å². The highest BCUT2D eigenvalue weighted by Gasteiger charge is 2.75. The lowest BCUT2D eigenvalue weighted by atomic mass is 10.1. The Morgan fingerprint density at radius 2 is 1.22 bits per heavy atom. The van der Waals surface area contributed by atoms with Crippen LogP contribution in [0.2, 0.25) is 0 Å². The van der Waals surface area contributed by atoms with Gasteiger partial charge in [0.15, 0.2) is 0 Å². The van der Waals surface area contributed by atoms with Crippen molar-refractivity contribution in [2.45, 2.75) is 36.8 Å². The molecule has 0 aromatic carbocycles. The van der Waals surface area contributed by atoms with E-state index in [9.17, 15) is 65.9 Å². The summed E-state index contributed by atoms with van der Waals surface area (Å²) >= 11 is 0. The van der Waals surface area contributed by atoms with Gasteiger partial charge in [0.1, 0.15) is 6.61 Å². The summed E-state index contributed by atoms with van der Waals surface area (Å²) in [6.45, 7) is -3.60. The summed E-state index contributed by atoms with van der Waals surface area (Å²) < 4.78 is 191. The maximum atomic E-state index is 13.0. The molecule has 1 atom stereocenters. The van der Waals surface area contributed by atoms with Crippen molar-refractivity contribution in [3.8, 4) is 0 Å². The second-order valence-electron chi connectivity index (χ2n) is 4.16. The summed E-state index contributed by atoms with van der Waals surface area (Å²) in [7, 11) is 0. The van der Waals surface area contributed by atoms with Gasteiger partial charge in [0, 0.05) is 0 Å². The molecule has 0 saturated carbocycles. The zero-order valence-corrected chi connectivity index (χ0v) is 11.7. The van der Waals surface area contributed by atoms with Crippen molar-refractivity contribution in [2.24, 2.45) is 0 Å². The third-order valence-electron chi connectivity index (χ3n) is 2.14. The van der Waals surface area contributed by atoms with E-state index in [0.717, 1.165) is 0 Å². The fraction of sp³-hybridized carbons (Fsp3) is 0.778.